The summed E-state index contributed by atoms with van der Waals surface area (Å²) < 4.78 is 5.44. The molecule has 3 N–H and O–H groups in total. The lowest BCUT2D eigenvalue weighted by Gasteiger charge is -2.15. The summed E-state index contributed by atoms with van der Waals surface area (Å²) in [6.07, 6.45) is 2.89. The monoisotopic (exact) mass is 366 g/mol. The van der Waals surface area contributed by atoms with Gasteiger partial charge >= 0.3 is 5.97 Å². The summed E-state index contributed by atoms with van der Waals surface area (Å²) in [4.78, 5) is 26.8. The van der Waals surface area contributed by atoms with Crippen molar-refractivity contribution in [3.63, 3.8) is 0 Å². The van der Waals surface area contributed by atoms with Crippen LogP contribution in [0.25, 0.3) is 10.9 Å². The van der Waals surface area contributed by atoms with Crippen molar-refractivity contribution in [2.75, 3.05) is 6.61 Å². The van der Waals surface area contributed by atoms with E-state index in [1.54, 1.807) is 18.3 Å². The van der Waals surface area contributed by atoms with Crippen molar-refractivity contribution < 1.29 is 19.4 Å². The Labute approximate surface area is 157 Å². The number of rotatable bonds is 8. The quantitative estimate of drug-likeness (QED) is 0.572. The molecule has 0 spiro atoms. The van der Waals surface area contributed by atoms with Gasteiger partial charge in [-0.2, -0.15) is 0 Å². The van der Waals surface area contributed by atoms with Crippen LogP contribution in [0.15, 0.2) is 54.7 Å². The number of aromatic amines is 1. The second-order valence-corrected chi connectivity index (χ2v) is 6.31. The number of ether oxygens (including phenoxy) is 1. The summed E-state index contributed by atoms with van der Waals surface area (Å²) in [6, 6.07) is 14.1. The highest BCUT2D eigenvalue weighted by Gasteiger charge is 2.22. The molecule has 6 heteroatoms. The average molecular weight is 366 g/mol. The van der Waals surface area contributed by atoms with Crippen LogP contribution in [0, 0.1) is 0 Å². The van der Waals surface area contributed by atoms with E-state index in [4.69, 9.17) is 4.74 Å². The molecule has 3 aromatic rings. The number of hydrogen-bond acceptors (Lipinski definition) is 3. The third kappa shape index (κ3) is 4.67. The second kappa shape index (κ2) is 8.40. The average Bonchev–Trinajstić information content (AvgIpc) is 3.09. The zero-order chi connectivity index (χ0) is 19.2. The minimum Gasteiger partial charge on any atom is -0.484 e. The largest absolute Gasteiger partial charge is 0.484 e. The zero-order valence-electron chi connectivity index (χ0n) is 15.1. The van der Waals surface area contributed by atoms with Crippen LogP contribution in [0.2, 0.25) is 0 Å². The fourth-order valence-corrected chi connectivity index (χ4v) is 2.93. The number of hydrogen-bond donors (Lipinski definition) is 3. The standard InChI is InChI=1S/C21H22N2O4/c1-2-14-7-9-16(10-8-14)27-13-20(24)23-19(21(25)26)11-15-12-22-18-6-4-3-5-17(15)18/h3-10,12,19,22H,2,11,13H2,1H3,(H,23,24)(H,25,26)/t19-/m0/s1. The van der Waals surface area contributed by atoms with Crippen LogP contribution in [0.5, 0.6) is 5.75 Å². The van der Waals surface area contributed by atoms with Gasteiger partial charge in [0.05, 0.1) is 0 Å². The van der Waals surface area contributed by atoms with E-state index < -0.39 is 17.9 Å². The van der Waals surface area contributed by atoms with Crippen molar-refractivity contribution in [1.29, 1.82) is 0 Å². The molecule has 27 heavy (non-hydrogen) atoms. The van der Waals surface area contributed by atoms with Gasteiger partial charge in [0.1, 0.15) is 11.8 Å². The highest BCUT2D eigenvalue weighted by Crippen LogP contribution is 2.19. The number of nitrogens with one attached hydrogen (secondary N) is 2. The van der Waals surface area contributed by atoms with Crippen molar-refractivity contribution in [2.45, 2.75) is 25.8 Å². The van der Waals surface area contributed by atoms with Crippen LogP contribution < -0.4 is 10.1 Å². The van der Waals surface area contributed by atoms with Crippen LogP contribution in [0.4, 0.5) is 0 Å². The zero-order valence-corrected chi connectivity index (χ0v) is 15.1. The molecule has 0 radical (unpaired) electrons. The maximum atomic E-state index is 12.1. The van der Waals surface area contributed by atoms with E-state index in [0.29, 0.717) is 5.75 Å². The number of carboxylic acid groups (broad SMARTS) is 1. The Morgan fingerprint density at radius 2 is 1.89 bits per heavy atom. The molecule has 1 amide bonds. The van der Waals surface area contributed by atoms with Crippen molar-refractivity contribution in [3.8, 4) is 5.75 Å². The first-order chi connectivity index (χ1) is 13.1. The van der Waals surface area contributed by atoms with Crippen LogP contribution in [0.3, 0.4) is 0 Å². The Kier molecular flexibility index (Phi) is 5.76. The Bertz CT molecular complexity index is 931. The summed E-state index contributed by atoms with van der Waals surface area (Å²) in [5.41, 5.74) is 2.95. The molecule has 1 heterocycles. The van der Waals surface area contributed by atoms with Crippen LogP contribution in [0.1, 0.15) is 18.1 Å². The second-order valence-electron chi connectivity index (χ2n) is 6.31. The third-order valence-electron chi connectivity index (χ3n) is 4.43. The van der Waals surface area contributed by atoms with Gasteiger partial charge in [0, 0.05) is 23.5 Å². The Morgan fingerprint density at radius 3 is 2.59 bits per heavy atom. The molecule has 0 bridgehead atoms. The summed E-state index contributed by atoms with van der Waals surface area (Å²) in [7, 11) is 0. The molecule has 0 saturated heterocycles. The number of aliphatic carboxylic acids is 1. The van der Waals surface area contributed by atoms with Crippen molar-refractivity contribution >= 4 is 22.8 Å². The number of fused-ring (bicyclic) bond motifs is 1. The Balaban J connectivity index is 1.60. The number of benzene rings is 2. The molecule has 0 aliphatic rings. The fourth-order valence-electron chi connectivity index (χ4n) is 2.93. The molecule has 1 aromatic heterocycles. The predicted molar refractivity (Wildman–Crippen MR) is 103 cm³/mol. The first-order valence-corrected chi connectivity index (χ1v) is 8.85. The summed E-state index contributed by atoms with van der Waals surface area (Å²) in [5, 5.41) is 13.0. The van der Waals surface area contributed by atoms with E-state index in [2.05, 4.69) is 17.2 Å². The molecule has 0 unspecified atom stereocenters. The molecule has 3 rings (SSSR count). The maximum absolute atomic E-state index is 12.1. The summed E-state index contributed by atoms with van der Waals surface area (Å²) in [5.74, 6) is -0.978. The van der Waals surface area contributed by atoms with E-state index in [-0.39, 0.29) is 13.0 Å². The molecule has 2 aromatic carbocycles. The topological polar surface area (TPSA) is 91.4 Å². The van der Waals surface area contributed by atoms with Gasteiger partial charge in [-0.3, -0.25) is 4.79 Å². The van der Waals surface area contributed by atoms with Crippen LogP contribution in [-0.4, -0.2) is 34.6 Å². The van der Waals surface area contributed by atoms with E-state index in [0.717, 1.165) is 22.9 Å². The van der Waals surface area contributed by atoms with Crippen molar-refractivity contribution in [3.05, 3.63) is 65.9 Å². The van der Waals surface area contributed by atoms with Crippen LogP contribution in [-0.2, 0) is 22.4 Å². The van der Waals surface area contributed by atoms with E-state index >= 15 is 0 Å². The van der Waals surface area contributed by atoms with Crippen molar-refractivity contribution in [1.82, 2.24) is 10.3 Å². The number of carbonyl (C=O) groups is 2. The molecule has 0 aliphatic heterocycles. The molecule has 1 atom stereocenters. The highest BCUT2D eigenvalue weighted by atomic mass is 16.5. The smallest absolute Gasteiger partial charge is 0.326 e. The number of carbonyl (C=O) groups excluding carboxylic acids is 1. The lowest BCUT2D eigenvalue weighted by molar-refractivity contribution is -0.142. The Hall–Kier alpha value is -3.28. The number of amides is 1. The van der Waals surface area contributed by atoms with Gasteiger partial charge in [-0.1, -0.05) is 37.3 Å². The SMILES string of the molecule is CCc1ccc(OCC(=O)N[C@@H](Cc2c[nH]c3ccccc23)C(=O)O)cc1. The van der Waals surface area contributed by atoms with Crippen LogP contribution >= 0.6 is 0 Å². The lowest BCUT2D eigenvalue weighted by Crippen LogP contribution is -2.44. The van der Waals surface area contributed by atoms with Gasteiger partial charge in [0.2, 0.25) is 0 Å². The molecule has 0 saturated carbocycles. The summed E-state index contributed by atoms with van der Waals surface area (Å²) >= 11 is 0. The van der Waals surface area contributed by atoms with Gasteiger partial charge in [-0.15, -0.1) is 0 Å². The fraction of sp³-hybridized carbons (Fsp3) is 0.238. The van der Waals surface area contributed by atoms with Crippen molar-refractivity contribution in [2.24, 2.45) is 0 Å². The van der Waals surface area contributed by atoms with E-state index in [1.807, 2.05) is 36.4 Å². The molecule has 0 aliphatic carbocycles. The number of aryl methyl sites for hydroxylation is 1. The number of carboxylic acids is 1. The molecule has 140 valence electrons. The number of H-pyrrole nitrogens is 1. The Morgan fingerprint density at radius 1 is 1.15 bits per heavy atom. The van der Waals surface area contributed by atoms with Gasteiger partial charge in [-0.25, -0.2) is 4.79 Å². The molecule has 6 nitrogen and oxygen atoms in total. The highest BCUT2D eigenvalue weighted by molar-refractivity contribution is 5.87. The van der Waals surface area contributed by atoms with E-state index in [1.165, 1.54) is 5.56 Å². The minimum absolute atomic E-state index is 0.191. The van der Waals surface area contributed by atoms with E-state index in [9.17, 15) is 14.7 Å². The van der Waals surface area contributed by atoms with Gasteiger partial charge < -0.3 is 20.1 Å². The predicted octanol–water partition coefficient (Wildman–Crippen LogP) is 2.92. The third-order valence-corrected chi connectivity index (χ3v) is 4.43. The summed E-state index contributed by atoms with van der Waals surface area (Å²) in [6.45, 7) is 1.83. The molecule has 0 fully saturated rings. The maximum Gasteiger partial charge on any atom is 0.326 e. The lowest BCUT2D eigenvalue weighted by atomic mass is 10.1. The number of para-hydroxylation sites is 1. The first kappa shape index (κ1) is 18.5. The first-order valence-electron chi connectivity index (χ1n) is 8.85. The van der Waals surface area contributed by atoms with Gasteiger partial charge in [0.15, 0.2) is 6.61 Å². The minimum atomic E-state index is -1.08. The number of aromatic nitrogens is 1. The molecular formula is C21H22N2O4. The normalized spacial score (nSPS) is 11.9. The van der Waals surface area contributed by atoms with Gasteiger partial charge in [0.25, 0.3) is 5.91 Å². The van der Waals surface area contributed by atoms with Gasteiger partial charge in [-0.05, 0) is 35.7 Å². The molecular weight excluding hydrogens is 344 g/mol.